The average molecular weight is 431 g/mol. The van der Waals surface area contributed by atoms with Crippen LogP contribution >= 0.6 is 0 Å². The van der Waals surface area contributed by atoms with Gasteiger partial charge in [-0.05, 0) is 68.5 Å². The SMILES string of the molecule is Cc1nc2ccccc2n1-c1ccc(C(=O)N(C)[C@H]2CCN(C3CCCCC3C)C2)cc1. The Morgan fingerprint density at radius 3 is 2.56 bits per heavy atom. The Kier molecular flexibility index (Phi) is 5.76. The molecule has 5 nitrogen and oxygen atoms in total. The largest absolute Gasteiger partial charge is 0.337 e. The highest BCUT2D eigenvalue weighted by Gasteiger charge is 2.35. The van der Waals surface area contributed by atoms with Crippen molar-refractivity contribution < 1.29 is 4.79 Å². The van der Waals surface area contributed by atoms with Crippen LogP contribution in [0.25, 0.3) is 16.7 Å². The Morgan fingerprint density at radius 2 is 1.78 bits per heavy atom. The van der Waals surface area contributed by atoms with Gasteiger partial charge in [-0.25, -0.2) is 4.98 Å². The molecule has 5 rings (SSSR count). The number of para-hydroxylation sites is 2. The minimum atomic E-state index is 0.118. The summed E-state index contributed by atoms with van der Waals surface area (Å²) in [5.74, 6) is 1.84. The predicted octanol–water partition coefficient (Wildman–Crippen LogP) is 5.06. The number of hydrogen-bond donors (Lipinski definition) is 0. The van der Waals surface area contributed by atoms with E-state index in [9.17, 15) is 4.79 Å². The quantitative estimate of drug-likeness (QED) is 0.581. The number of imidazole rings is 1. The Balaban J connectivity index is 1.29. The zero-order valence-corrected chi connectivity index (χ0v) is 19.5. The zero-order valence-electron chi connectivity index (χ0n) is 19.5. The lowest BCUT2D eigenvalue weighted by Crippen LogP contribution is -2.43. The van der Waals surface area contributed by atoms with Crippen LogP contribution < -0.4 is 0 Å². The van der Waals surface area contributed by atoms with Crippen LogP contribution in [0.1, 0.15) is 55.2 Å². The number of hydrogen-bond acceptors (Lipinski definition) is 3. The number of fused-ring (bicyclic) bond motifs is 1. The predicted molar refractivity (Wildman–Crippen MR) is 129 cm³/mol. The molecule has 0 radical (unpaired) electrons. The third kappa shape index (κ3) is 3.83. The molecule has 2 fully saturated rings. The van der Waals surface area contributed by atoms with Crippen molar-refractivity contribution in [3.8, 4) is 5.69 Å². The molecular weight excluding hydrogens is 396 g/mol. The summed E-state index contributed by atoms with van der Waals surface area (Å²) in [5, 5.41) is 0. The summed E-state index contributed by atoms with van der Waals surface area (Å²) in [6.45, 7) is 6.55. The van der Waals surface area contributed by atoms with E-state index in [0.29, 0.717) is 12.1 Å². The second-order valence-electron chi connectivity index (χ2n) is 9.71. The van der Waals surface area contributed by atoms with E-state index in [1.54, 1.807) is 0 Å². The minimum absolute atomic E-state index is 0.118. The van der Waals surface area contributed by atoms with E-state index >= 15 is 0 Å². The molecular formula is C27H34N4O. The van der Waals surface area contributed by atoms with Gasteiger partial charge in [-0.15, -0.1) is 0 Å². The van der Waals surface area contributed by atoms with Crippen molar-refractivity contribution in [1.29, 1.82) is 0 Å². The summed E-state index contributed by atoms with van der Waals surface area (Å²) in [5.41, 5.74) is 3.86. The topological polar surface area (TPSA) is 41.4 Å². The molecule has 1 aliphatic heterocycles. The van der Waals surface area contributed by atoms with Gasteiger partial charge >= 0.3 is 0 Å². The van der Waals surface area contributed by atoms with Crippen LogP contribution in [0.15, 0.2) is 48.5 Å². The van der Waals surface area contributed by atoms with Crippen LogP contribution in [0, 0.1) is 12.8 Å². The first-order valence-electron chi connectivity index (χ1n) is 12.1. The summed E-state index contributed by atoms with van der Waals surface area (Å²) in [6.07, 6.45) is 6.46. The third-order valence-corrected chi connectivity index (χ3v) is 7.70. The molecule has 0 spiro atoms. The summed E-state index contributed by atoms with van der Waals surface area (Å²) < 4.78 is 2.15. The monoisotopic (exact) mass is 430 g/mol. The van der Waals surface area contributed by atoms with Crippen LogP contribution in [-0.4, -0.2) is 57.5 Å². The van der Waals surface area contributed by atoms with E-state index < -0.39 is 0 Å². The highest BCUT2D eigenvalue weighted by molar-refractivity contribution is 5.94. The number of amides is 1. The van der Waals surface area contributed by atoms with Crippen LogP contribution in [0.2, 0.25) is 0 Å². The smallest absolute Gasteiger partial charge is 0.253 e. The van der Waals surface area contributed by atoms with Crippen molar-refractivity contribution >= 4 is 16.9 Å². The Bertz CT molecular complexity index is 1100. The van der Waals surface area contributed by atoms with Gasteiger partial charge in [-0.3, -0.25) is 14.3 Å². The van der Waals surface area contributed by atoms with E-state index in [-0.39, 0.29) is 5.91 Å². The van der Waals surface area contributed by atoms with Gasteiger partial charge in [-0.1, -0.05) is 31.9 Å². The number of aryl methyl sites for hydroxylation is 1. The highest BCUT2D eigenvalue weighted by atomic mass is 16.2. The van der Waals surface area contributed by atoms with Crippen LogP contribution in [0.5, 0.6) is 0 Å². The first-order valence-corrected chi connectivity index (χ1v) is 12.1. The molecule has 1 saturated carbocycles. The van der Waals surface area contributed by atoms with Gasteiger partial charge in [0.1, 0.15) is 5.82 Å². The van der Waals surface area contributed by atoms with Crippen molar-refractivity contribution in [3.63, 3.8) is 0 Å². The first-order chi connectivity index (χ1) is 15.5. The van der Waals surface area contributed by atoms with Crippen molar-refractivity contribution in [3.05, 3.63) is 59.9 Å². The Hall–Kier alpha value is -2.66. The molecule has 3 atom stereocenters. The van der Waals surface area contributed by atoms with Crippen LogP contribution in [-0.2, 0) is 0 Å². The number of benzene rings is 2. The molecule has 1 amide bonds. The number of carbonyl (C=O) groups is 1. The normalized spacial score (nSPS) is 24.2. The van der Waals surface area contributed by atoms with Gasteiger partial charge in [0.15, 0.2) is 0 Å². The maximum absolute atomic E-state index is 13.2. The molecule has 0 N–H and O–H groups in total. The lowest BCUT2D eigenvalue weighted by molar-refractivity contribution is 0.0716. The summed E-state index contributed by atoms with van der Waals surface area (Å²) >= 11 is 0. The zero-order chi connectivity index (χ0) is 22.2. The first kappa shape index (κ1) is 21.2. The molecule has 3 aromatic rings. The number of nitrogens with zero attached hydrogens (tertiary/aromatic N) is 4. The maximum atomic E-state index is 13.2. The van der Waals surface area contributed by atoms with E-state index in [1.807, 2.05) is 61.3 Å². The lowest BCUT2D eigenvalue weighted by atomic mass is 9.85. The molecule has 2 aliphatic rings. The van der Waals surface area contributed by atoms with Crippen molar-refractivity contribution in [2.75, 3.05) is 20.1 Å². The molecule has 2 heterocycles. The molecule has 2 unspecified atom stereocenters. The molecule has 0 bridgehead atoms. The molecule has 1 aromatic heterocycles. The van der Waals surface area contributed by atoms with E-state index in [4.69, 9.17) is 0 Å². The fourth-order valence-corrected chi connectivity index (χ4v) is 5.82. The molecule has 5 heteroatoms. The fourth-order valence-electron chi connectivity index (χ4n) is 5.82. The molecule has 2 aromatic carbocycles. The van der Waals surface area contributed by atoms with Gasteiger partial charge in [0, 0.05) is 43.5 Å². The molecule has 1 saturated heterocycles. The van der Waals surface area contributed by atoms with E-state index in [1.165, 1.54) is 25.7 Å². The van der Waals surface area contributed by atoms with Crippen LogP contribution in [0.4, 0.5) is 0 Å². The van der Waals surface area contributed by atoms with Crippen molar-refractivity contribution in [1.82, 2.24) is 19.4 Å². The average Bonchev–Trinajstić information content (AvgIpc) is 3.43. The molecule has 1 aliphatic carbocycles. The number of likely N-dealkylation sites (tertiary alicyclic amines) is 1. The lowest BCUT2D eigenvalue weighted by Gasteiger charge is -2.36. The minimum Gasteiger partial charge on any atom is -0.337 e. The summed E-state index contributed by atoms with van der Waals surface area (Å²) in [4.78, 5) is 22.5. The maximum Gasteiger partial charge on any atom is 0.253 e. The van der Waals surface area contributed by atoms with Gasteiger partial charge in [-0.2, -0.15) is 0 Å². The van der Waals surface area contributed by atoms with E-state index in [2.05, 4.69) is 27.4 Å². The Morgan fingerprint density at radius 1 is 1.03 bits per heavy atom. The van der Waals surface area contributed by atoms with Crippen LogP contribution in [0.3, 0.4) is 0 Å². The second-order valence-corrected chi connectivity index (χ2v) is 9.71. The number of carbonyl (C=O) groups excluding carboxylic acids is 1. The summed E-state index contributed by atoms with van der Waals surface area (Å²) in [7, 11) is 1.97. The van der Waals surface area contributed by atoms with Gasteiger partial charge in [0.25, 0.3) is 5.91 Å². The number of likely N-dealkylation sites (N-methyl/N-ethyl adjacent to an activating group) is 1. The fraction of sp³-hybridized carbons (Fsp3) is 0.481. The van der Waals surface area contributed by atoms with Gasteiger partial charge in [0.05, 0.1) is 11.0 Å². The number of rotatable bonds is 4. The van der Waals surface area contributed by atoms with E-state index in [0.717, 1.165) is 53.5 Å². The molecule has 168 valence electrons. The molecule has 32 heavy (non-hydrogen) atoms. The van der Waals surface area contributed by atoms with Crippen molar-refractivity contribution in [2.24, 2.45) is 5.92 Å². The second kappa shape index (κ2) is 8.70. The van der Waals surface area contributed by atoms with Crippen molar-refractivity contribution in [2.45, 2.75) is 58.0 Å². The standard InChI is InChI=1S/C27H34N4O/c1-19-8-4-6-10-25(19)30-17-16-23(18-30)29(3)27(32)21-12-14-22(15-13-21)31-20(2)28-24-9-5-7-11-26(24)31/h5,7,9,11-15,19,23,25H,4,6,8,10,16-18H2,1-3H3/t19?,23-,25?/m0/s1. The number of aromatic nitrogens is 2. The highest BCUT2D eigenvalue weighted by Crippen LogP contribution is 2.31. The van der Waals surface area contributed by atoms with Gasteiger partial charge in [0.2, 0.25) is 0 Å². The third-order valence-electron chi connectivity index (χ3n) is 7.70. The summed E-state index contributed by atoms with van der Waals surface area (Å²) in [6, 6.07) is 17.1. The Labute approximate surface area is 191 Å². The van der Waals surface area contributed by atoms with Gasteiger partial charge < -0.3 is 4.90 Å².